The molecule has 0 heterocycles. The Kier molecular flexibility index (Phi) is 5.92. The molecule has 110 valence electrons. The van der Waals surface area contributed by atoms with Crippen molar-refractivity contribution in [3.63, 3.8) is 0 Å². The third kappa shape index (κ3) is 4.20. The van der Waals surface area contributed by atoms with Crippen LogP contribution >= 0.6 is 0 Å². The van der Waals surface area contributed by atoms with Crippen LogP contribution in [0.2, 0.25) is 0 Å². The molecule has 0 fully saturated rings. The first-order valence-corrected chi connectivity index (χ1v) is 6.30. The molecule has 0 aliphatic carbocycles. The van der Waals surface area contributed by atoms with Gasteiger partial charge in [-0.05, 0) is 19.0 Å². The van der Waals surface area contributed by atoms with Gasteiger partial charge in [-0.2, -0.15) is 0 Å². The van der Waals surface area contributed by atoms with Gasteiger partial charge in [0.05, 0.1) is 11.5 Å². The monoisotopic (exact) mass is 282 g/mol. The molecular weight excluding hydrogens is 264 g/mol. The molecule has 0 amide bonds. The average Bonchev–Trinajstić information content (AvgIpc) is 2.38. The van der Waals surface area contributed by atoms with Crippen LogP contribution in [-0.4, -0.2) is 35.2 Å². The van der Waals surface area contributed by atoms with E-state index in [2.05, 4.69) is 5.32 Å². The van der Waals surface area contributed by atoms with Gasteiger partial charge in [0, 0.05) is 12.5 Å². The maximum atomic E-state index is 10.9. The molecule has 0 saturated heterocycles. The van der Waals surface area contributed by atoms with Crippen molar-refractivity contribution in [2.24, 2.45) is 0 Å². The Morgan fingerprint density at radius 2 is 2.25 bits per heavy atom. The third-order valence-electron chi connectivity index (χ3n) is 2.79. The summed E-state index contributed by atoms with van der Waals surface area (Å²) in [7, 11) is 0. The number of nitrogens with zero attached hydrogens (tertiary/aromatic N) is 1. The molecule has 0 radical (unpaired) electrons. The Balaban J connectivity index is 2.70. The predicted molar refractivity (Wildman–Crippen MR) is 73.0 cm³/mol. The molecule has 1 unspecified atom stereocenters. The number of aryl methyl sites for hydroxylation is 1. The van der Waals surface area contributed by atoms with Crippen LogP contribution in [0.4, 0.5) is 5.69 Å². The molecule has 7 heteroatoms. The highest BCUT2D eigenvalue weighted by molar-refractivity contribution is 5.73. The lowest BCUT2D eigenvalue weighted by Gasteiger charge is -2.14. The highest BCUT2D eigenvalue weighted by Gasteiger charge is 2.19. The topological polar surface area (TPSA) is 102 Å². The molecule has 1 rings (SSSR count). The third-order valence-corrected chi connectivity index (χ3v) is 2.79. The van der Waals surface area contributed by atoms with Crippen molar-refractivity contribution in [1.29, 1.82) is 0 Å². The van der Waals surface area contributed by atoms with Crippen LogP contribution in [-0.2, 0) is 4.79 Å². The molecule has 20 heavy (non-hydrogen) atoms. The summed E-state index contributed by atoms with van der Waals surface area (Å²) in [5, 5.41) is 22.7. The molecule has 1 atom stereocenters. The summed E-state index contributed by atoms with van der Waals surface area (Å²) >= 11 is 0. The van der Waals surface area contributed by atoms with Gasteiger partial charge in [-0.25, -0.2) is 0 Å². The van der Waals surface area contributed by atoms with E-state index < -0.39 is 16.9 Å². The van der Waals surface area contributed by atoms with E-state index in [1.807, 2.05) is 6.92 Å². The fraction of sp³-hybridized carbons (Fsp3) is 0.462. The second-order valence-electron chi connectivity index (χ2n) is 4.27. The van der Waals surface area contributed by atoms with E-state index >= 15 is 0 Å². The van der Waals surface area contributed by atoms with Gasteiger partial charge in [0.25, 0.3) is 0 Å². The lowest BCUT2D eigenvalue weighted by Crippen LogP contribution is -2.37. The highest BCUT2D eigenvalue weighted by Crippen LogP contribution is 2.30. The second kappa shape index (κ2) is 7.44. The van der Waals surface area contributed by atoms with Gasteiger partial charge in [-0.15, -0.1) is 0 Å². The quantitative estimate of drug-likeness (QED) is 0.556. The minimum Gasteiger partial charge on any atom is -0.487 e. The zero-order chi connectivity index (χ0) is 15.1. The molecule has 0 spiro atoms. The molecule has 0 aromatic heterocycles. The Morgan fingerprint density at radius 3 is 2.80 bits per heavy atom. The van der Waals surface area contributed by atoms with Gasteiger partial charge < -0.3 is 15.2 Å². The summed E-state index contributed by atoms with van der Waals surface area (Å²) in [6.45, 7) is 4.14. The molecule has 1 aromatic rings. The Bertz CT molecular complexity index is 490. The van der Waals surface area contributed by atoms with Crippen molar-refractivity contribution in [3.05, 3.63) is 33.9 Å². The molecule has 0 saturated carbocycles. The number of aliphatic carboxylic acids is 1. The molecule has 0 aliphatic rings. The molecule has 1 aromatic carbocycles. The lowest BCUT2D eigenvalue weighted by atomic mass is 10.2. The summed E-state index contributed by atoms with van der Waals surface area (Å²) in [6, 6.07) is 3.94. The Hall–Kier alpha value is -2.15. The second-order valence-corrected chi connectivity index (χ2v) is 4.27. The van der Waals surface area contributed by atoms with E-state index in [0.717, 1.165) is 0 Å². The standard InChI is InChI=1S/C13H18N2O5/c1-3-14-10(13(16)17)7-8-20-12-9(2)5-4-6-11(12)15(18)19/h4-6,10,14H,3,7-8H2,1-2H3,(H,16,17). The average molecular weight is 282 g/mol. The number of para-hydroxylation sites is 1. The van der Waals surface area contributed by atoms with Crippen LogP contribution in [0.5, 0.6) is 5.75 Å². The number of carboxylic acids is 1. The zero-order valence-electron chi connectivity index (χ0n) is 11.5. The van der Waals surface area contributed by atoms with Gasteiger partial charge in [-0.1, -0.05) is 19.1 Å². The van der Waals surface area contributed by atoms with Gasteiger partial charge >= 0.3 is 11.7 Å². The molecule has 0 bridgehead atoms. The van der Waals surface area contributed by atoms with E-state index in [0.29, 0.717) is 12.1 Å². The maximum Gasteiger partial charge on any atom is 0.320 e. The van der Waals surface area contributed by atoms with E-state index in [-0.39, 0.29) is 24.5 Å². The first-order chi connectivity index (χ1) is 9.47. The molecule has 7 nitrogen and oxygen atoms in total. The van der Waals surface area contributed by atoms with Crippen molar-refractivity contribution in [2.75, 3.05) is 13.2 Å². The minimum atomic E-state index is -0.963. The first kappa shape index (κ1) is 15.9. The van der Waals surface area contributed by atoms with Gasteiger partial charge in [0.1, 0.15) is 6.04 Å². The number of rotatable bonds is 8. The Labute approximate surface area is 116 Å². The van der Waals surface area contributed by atoms with Gasteiger partial charge in [0.2, 0.25) is 0 Å². The Morgan fingerprint density at radius 1 is 1.55 bits per heavy atom. The van der Waals surface area contributed by atoms with Crippen molar-refractivity contribution in [1.82, 2.24) is 5.32 Å². The van der Waals surface area contributed by atoms with Crippen molar-refractivity contribution in [2.45, 2.75) is 26.3 Å². The zero-order valence-corrected chi connectivity index (χ0v) is 11.5. The van der Waals surface area contributed by atoms with Gasteiger partial charge in [-0.3, -0.25) is 14.9 Å². The number of carboxylic acid groups (broad SMARTS) is 1. The number of hydrogen-bond acceptors (Lipinski definition) is 5. The number of ether oxygens (including phenoxy) is 1. The smallest absolute Gasteiger partial charge is 0.320 e. The van der Waals surface area contributed by atoms with E-state index in [4.69, 9.17) is 9.84 Å². The number of carbonyl (C=O) groups is 1. The van der Waals surface area contributed by atoms with E-state index in [9.17, 15) is 14.9 Å². The summed E-state index contributed by atoms with van der Waals surface area (Å²) in [5.41, 5.74) is 0.537. The van der Waals surface area contributed by atoms with Crippen LogP contribution in [0.1, 0.15) is 18.9 Å². The summed E-state index contributed by atoms with van der Waals surface area (Å²) < 4.78 is 5.41. The van der Waals surface area contributed by atoms with E-state index in [1.54, 1.807) is 19.1 Å². The number of nitro groups is 1. The van der Waals surface area contributed by atoms with Crippen LogP contribution in [0, 0.1) is 17.0 Å². The van der Waals surface area contributed by atoms with Crippen molar-refractivity contribution >= 4 is 11.7 Å². The number of nitrogens with one attached hydrogen (secondary N) is 1. The molecule has 2 N–H and O–H groups in total. The molecule has 0 aliphatic heterocycles. The van der Waals surface area contributed by atoms with Crippen LogP contribution in [0.3, 0.4) is 0 Å². The minimum absolute atomic E-state index is 0.0929. The summed E-state index contributed by atoms with van der Waals surface area (Å²) in [5.74, 6) is -0.770. The SMILES string of the molecule is CCNC(CCOc1c(C)cccc1[N+](=O)[O-])C(=O)O. The van der Waals surface area contributed by atoms with Crippen LogP contribution in [0.15, 0.2) is 18.2 Å². The fourth-order valence-electron chi connectivity index (χ4n) is 1.81. The largest absolute Gasteiger partial charge is 0.487 e. The summed E-state index contributed by atoms with van der Waals surface area (Å²) in [4.78, 5) is 21.3. The van der Waals surface area contributed by atoms with Crippen LogP contribution < -0.4 is 10.1 Å². The summed E-state index contributed by atoms with van der Waals surface area (Å²) in [6.07, 6.45) is 0.231. The maximum absolute atomic E-state index is 10.9. The van der Waals surface area contributed by atoms with E-state index in [1.165, 1.54) is 6.07 Å². The number of hydrogen-bond donors (Lipinski definition) is 2. The normalized spacial score (nSPS) is 11.9. The molecular formula is C13H18N2O5. The first-order valence-electron chi connectivity index (χ1n) is 6.30. The number of likely N-dealkylation sites (N-methyl/N-ethyl adjacent to an activating group) is 1. The number of benzene rings is 1. The van der Waals surface area contributed by atoms with Crippen molar-refractivity contribution in [3.8, 4) is 5.75 Å². The van der Waals surface area contributed by atoms with Crippen molar-refractivity contribution < 1.29 is 19.6 Å². The highest BCUT2D eigenvalue weighted by atomic mass is 16.6. The lowest BCUT2D eigenvalue weighted by molar-refractivity contribution is -0.385. The van der Waals surface area contributed by atoms with Crippen LogP contribution in [0.25, 0.3) is 0 Å². The fourth-order valence-corrected chi connectivity index (χ4v) is 1.81. The van der Waals surface area contributed by atoms with Gasteiger partial charge in [0.15, 0.2) is 5.75 Å². The number of nitro benzene ring substituents is 1. The predicted octanol–water partition coefficient (Wildman–Crippen LogP) is 1.73.